The maximum absolute atomic E-state index is 12.1. The van der Waals surface area contributed by atoms with Gasteiger partial charge in [0.2, 0.25) is 5.56 Å². The van der Waals surface area contributed by atoms with E-state index in [2.05, 4.69) is 4.98 Å². The van der Waals surface area contributed by atoms with Crippen LogP contribution in [-0.2, 0) is 0 Å². The Balaban J connectivity index is 2.18. The standard InChI is InChI=1S/C11H13ClN2O2/c12-4-6-14(9-1-2-9)11(16)8-3-5-13-10(15)7-8/h3,5,7,9H,1-2,4,6H2,(H,13,15). The molecule has 1 N–H and O–H groups in total. The number of rotatable bonds is 4. The van der Waals surface area contributed by atoms with E-state index in [4.69, 9.17) is 11.6 Å². The fourth-order valence-corrected chi connectivity index (χ4v) is 1.85. The predicted molar refractivity (Wildman–Crippen MR) is 61.8 cm³/mol. The molecule has 0 aliphatic heterocycles. The van der Waals surface area contributed by atoms with Crippen molar-refractivity contribution in [3.8, 4) is 0 Å². The molecule has 1 saturated carbocycles. The summed E-state index contributed by atoms with van der Waals surface area (Å²) in [7, 11) is 0. The number of pyridine rings is 1. The summed E-state index contributed by atoms with van der Waals surface area (Å²) in [5, 5.41) is 0. The van der Waals surface area contributed by atoms with E-state index in [9.17, 15) is 9.59 Å². The van der Waals surface area contributed by atoms with Crippen LogP contribution in [0.2, 0.25) is 0 Å². The number of hydrogen-bond donors (Lipinski definition) is 1. The molecule has 1 aromatic rings. The molecule has 1 amide bonds. The molecule has 0 atom stereocenters. The molecule has 1 fully saturated rings. The quantitative estimate of drug-likeness (QED) is 0.805. The first kappa shape index (κ1) is 11.2. The summed E-state index contributed by atoms with van der Waals surface area (Å²) in [6, 6.07) is 3.25. The number of nitrogens with one attached hydrogen (secondary N) is 1. The van der Waals surface area contributed by atoms with E-state index >= 15 is 0 Å². The summed E-state index contributed by atoms with van der Waals surface area (Å²) < 4.78 is 0. The molecule has 1 heterocycles. The molecule has 0 saturated heterocycles. The first-order chi connectivity index (χ1) is 7.72. The Kier molecular flexibility index (Phi) is 3.29. The Morgan fingerprint density at radius 2 is 2.31 bits per heavy atom. The van der Waals surface area contributed by atoms with Crippen molar-refractivity contribution in [3.05, 3.63) is 34.2 Å². The van der Waals surface area contributed by atoms with Crippen molar-refractivity contribution in [1.82, 2.24) is 9.88 Å². The van der Waals surface area contributed by atoms with Gasteiger partial charge in [-0.3, -0.25) is 9.59 Å². The van der Waals surface area contributed by atoms with Gasteiger partial charge in [-0.2, -0.15) is 0 Å². The number of amides is 1. The molecule has 0 unspecified atom stereocenters. The van der Waals surface area contributed by atoms with Gasteiger partial charge in [-0.25, -0.2) is 0 Å². The number of H-pyrrole nitrogens is 1. The Hall–Kier alpha value is -1.29. The van der Waals surface area contributed by atoms with Crippen LogP contribution in [0.4, 0.5) is 0 Å². The zero-order valence-corrected chi connectivity index (χ0v) is 9.54. The van der Waals surface area contributed by atoms with Gasteiger partial charge in [0, 0.05) is 36.3 Å². The van der Waals surface area contributed by atoms with Gasteiger partial charge in [-0.15, -0.1) is 11.6 Å². The topological polar surface area (TPSA) is 53.2 Å². The van der Waals surface area contributed by atoms with Crippen LogP contribution in [0, 0.1) is 0 Å². The first-order valence-electron chi connectivity index (χ1n) is 5.28. The third-order valence-electron chi connectivity index (χ3n) is 2.60. The van der Waals surface area contributed by atoms with Gasteiger partial charge in [0.15, 0.2) is 0 Å². The lowest BCUT2D eigenvalue weighted by Gasteiger charge is -2.21. The van der Waals surface area contributed by atoms with Crippen LogP contribution in [0.15, 0.2) is 23.1 Å². The minimum Gasteiger partial charge on any atom is -0.334 e. The Morgan fingerprint density at radius 1 is 1.56 bits per heavy atom. The molecule has 86 valence electrons. The predicted octanol–water partition coefficient (Wildman–Crippen LogP) is 1.22. The van der Waals surface area contributed by atoms with E-state index in [0.717, 1.165) is 12.8 Å². The van der Waals surface area contributed by atoms with Crippen LogP contribution >= 0.6 is 11.6 Å². The lowest BCUT2D eigenvalue weighted by atomic mass is 10.2. The first-order valence-corrected chi connectivity index (χ1v) is 5.81. The Labute approximate surface area is 98.2 Å². The van der Waals surface area contributed by atoms with Crippen molar-refractivity contribution in [2.24, 2.45) is 0 Å². The van der Waals surface area contributed by atoms with Gasteiger partial charge in [-0.05, 0) is 18.9 Å². The van der Waals surface area contributed by atoms with E-state index in [-0.39, 0.29) is 11.5 Å². The maximum Gasteiger partial charge on any atom is 0.254 e. The van der Waals surface area contributed by atoms with Crippen LogP contribution in [0.25, 0.3) is 0 Å². The van der Waals surface area contributed by atoms with Crippen LogP contribution < -0.4 is 5.56 Å². The van der Waals surface area contributed by atoms with Crippen LogP contribution in [0.1, 0.15) is 23.2 Å². The number of halogens is 1. The minimum absolute atomic E-state index is 0.103. The second kappa shape index (κ2) is 4.70. The lowest BCUT2D eigenvalue weighted by Crippen LogP contribution is -2.35. The van der Waals surface area contributed by atoms with Gasteiger partial charge in [-0.1, -0.05) is 0 Å². The molecule has 5 heteroatoms. The van der Waals surface area contributed by atoms with Crippen LogP contribution in [0.5, 0.6) is 0 Å². The van der Waals surface area contributed by atoms with E-state index in [0.29, 0.717) is 24.0 Å². The maximum atomic E-state index is 12.1. The highest BCUT2D eigenvalue weighted by atomic mass is 35.5. The normalized spacial score (nSPS) is 14.8. The van der Waals surface area contributed by atoms with E-state index in [1.165, 1.54) is 12.3 Å². The molecule has 0 aromatic carbocycles. The molecule has 16 heavy (non-hydrogen) atoms. The molecule has 0 bridgehead atoms. The third kappa shape index (κ3) is 2.44. The van der Waals surface area contributed by atoms with E-state index in [1.54, 1.807) is 11.0 Å². The molecule has 0 spiro atoms. The van der Waals surface area contributed by atoms with Crippen molar-refractivity contribution in [2.45, 2.75) is 18.9 Å². The molecule has 4 nitrogen and oxygen atoms in total. The smallest absolute Gasteiger partial charge is 0.254 e. The average molecular weight is 241 g/mol. The second-order valence-electron chi connectivity index (χ2n) is 3.86. The highest BCUT2D eigenvalue weighted by molar-refractivity contribution is 6.18. The number of carbonyl (C=O) groups excluding carboxylic acids is 1. The Morgan fingerprint density at radius 3 is 2.88 bits per heavy atom. The van der Waals surface area contributed by atoms with Crippen LogP contribution in [-0.4, -0.2) is 34.3 Å². The molecule has 2 rings (SSSR count). The summed E-state index contributed by atoms with van der Waals surface area (Å²) in [4.78, 5) is 27.4. The number of nitrogens with zero attached hydrogens (tertiary/aromatic N) is 1. The average Bonchev–Trinajstić information content (AvgIpc) is 3.09. The van der Waals surface area contributed by atoms with Gasteiger partial charge in [0.05, 0.1) is 0 Å². The fraction of sp³-hybridized carbons (Fsp3) is 0.455. The molecular weight excluding hydrogens is 228 g/mol. The number of aromatic amines is 1. The highest BCUT2D eigenvalue weighted by Crippen LogP contribution is 2.27. The van der Waals surface area contributed by atoms with Crippen molar-refractivity contribution >= 4 is 17.5 Å². The van der Waals surface area contributed by atoms with Gasteiger partial charge >= 0.3 is 0 Å². The van der Waals surface area contributed by atoms with Crippen molar-refractivity contribution in [1.29, 1.82) is 0 Å². The monoisotopic (exact) mass is 240 g/mol. The fourth-order valence-electron chi connectivity index (χ4n) is 1.67. The SMILES string of the molecule is O=C(c1cc[nH]c(=O)c1)N(CCCl)C1CC1. The molecule has 1 aliphatic rings. The molecule has 0 radical (unpaired) electrons. The summed E-state index contributed by atoms with van der Waals surface area (Å²) >= 11 is 5.67. The molecular formula is C11H13ClN2O2. The van der Waals surface area contributed by atoms with Crippen LogP contribution in [0.3, 0.4) is 0 Å². The zero-order valence-electron chi connectivity index (χ0n) is 8.78. The summed E-state index contributed by atoms with van der Waals surface area (Å²) in [6.45, 7) is 0.540. The summed E-state index contributed by atoms with van der Waals surface area (Å²) in [5.74, 6) is 0.320. The zero-order chi connectivity index (χ0) is 11.5. The van der Waals surface area contributed by atoms with E-state index < -0.39 is 0 Å². The number of aromatic nitrogens is 1. The minimum atomic E-state index is -0.257. The van der Waals surface area contributed by atoms with E-state index in [1.807, 2.05) is 0 Å². The molecule has 1 aromatic heterocycles. The number of alkyl halides is 1. The summed E-state index contributed by atoms with van der Waals surface area (Å²) in [5.41, 5.74) is 0.174. The lowest BCUT2D eigenvalue weighted by molar-refractivity contribution is 0.0753. The highest BCUT2D eigenvalue weighted by Gasteiger charge is 2.32. The van der Waals surface area contributed by atoms with Gasteiger partial charge < -0.3 is 9.88 Å². The Bertz CT molecular complexity index is 440. The van der Waals surface area contributed by atoms with Gasteiger partial charge in [0.1, 0.15) is 0 Å². The largest absolute Gasteiger partial charge is 0.334 e. The van der Waals surface area contributed by atoms with Crippen molar-refractivity contribution in [3.63, 3.8) is 0 Å². The van der Waals surface area contributed by atoms with Gasteiger partial charge in [0.25, 0.3) is 5.91 Å². The number of hydrogen-bond acceptors (Lipinski definition) is 2. The number of carbonyl (C=O) groups is 1. The van der Waals surface area contributed by atoms with Crippen molar-refractivity contribution in [2.75, 3.05) is 12.4 Å². The third-order valence-corrected chi connectivity index (χ3v) is 2.76. The second-order valence-corrected chi connectivity index (χ2v) is 4.24. The van der Waals surface area contributed by atoms with Crippen molar-refractivity contribution < 1.29 is 4.79 Å². The summed E-state index contributed by atoms with van der Waals surface area (Å²) in [6.07, 6.45) is 3.55. The molecule has 1 aliphatic carbocycles.